The minimum absolute atomic E-state index is 0.0277. The number of carbonyl (C=O) groups excluding carboxylic acids is 2. The first-order valence-corrected chi connectivity index (χ1v) is 9.61. The van der Waals surface area contributed by atoms with Gasteiger partial charge in [-0.15, -0.1) is 5.23 Å². The molecule has 1 unspecified atom stereocenters. The Kier molecular flexibility index (Phi) is 5.35. The molecule has 0 aromatic carbocycles. The van der Waals surface area contributed by atoms with Gasteiger partial charge in [0.25, 0.3) is 10.0 Å². The molecule has 0 aliphatic carbocycles. The van der Waals surface area contributed by atoms with Gasteiger partial charge in [0, 0.05) is 24.4 Å². The zero-order valence-corrected chi connectivity index (χ0v) is 15.8. The number of hydrogen-bond acceptors (Lipinski definition) is 10. The predicted octanol–water partition coefficient (Wildman–Crippen LogP) is -0.301. The summed E-state index contributed by atoms with van der Waals surface area (Å²) in [5.41, 5.74) is 5.52. The number of rotatable bonds is 4. The summed E-state index contributed by atoms with van der Waals surface area (Å²) in [5, 5.41) is 4.78. The van der Waals surface area contributed by atoms with Crippen molar-refractivity contribution in [1.29, 1.82) is 0 Å². The summed E-state index contributed by atoms with van der Waals surface area (Å²) in [6.07, 6.45) is 3.26. The molecule has 28 heavy (non-hydrogen) atoms. The van der Waals surface area contributed by atoms with E-state index in [1.165, 1.54) is 25.4 Å². The molecule has 12 nitrogen and oxygen atoms in total. The molecule has 0 radical (unpaired) electrons. The highest BCUT2D eigenvalue weighted by Crippen LogP contribution is 2.29. The molecule has 3 rings (SSSR count). The molecule has 2 aliphatic heterocycles. The molecule has 13 heteroatoms. The number of amides is 2. The van der Waals surface area contributed by atoms with E-state index in [2.05, 4.69) is 20.9 Å². The maximum atomic E-state index is 12.7. The number of esters is 1. The van der Waals surface area contributed by atoms with Crippen molar-refractivity contribution >= 4 is 27.9 Å². The van der Waals surface area contributed by atoms with E-state index in [0.29, 0.717) is 12.1 Å². The first-order valence-electron chi connectivity index (χ1n) is 8.13. The largest absolute Gasteiger partial charge is 0.480 e. The minimum Gasteiger partial charge on any atom is -0.480 e. The highest BCUT2D eigenvalue weighted by molar-refractivity contribution is 7.90. The van der Waals surface area contributed by atoms with Crippen molar-refractivity contribution < 1.29 is 27.5 Å². The molecule has 0 saturated carbocycles. The molecule has 2 amide bonds. The van der Waals surface area contributed by atoms with Crippen LogP contribution in [0.2, 0.25) is 0 Å². The standard InChI is InChI=1S/C15H18N6O6S/c1-9-8-12(26-2)18-21(17-9)19-15(23)20-28(24,25)11-4-3-6-16-13(11)10-5-7-27-14(10)22/h3-4,6,8,10,17H,5,7H2,1-2H3,(H2,19,20,23). The second-order valence-corrected chi connectivity index (χ2v) is 7.49. The maximum absolute atomic E-state index is 12.7. The van der Waals surface area contributed by atoms with Crippen molar-refractivity contribution in [3.63, 3.8) is 0 Å². The first-order chi connectivity index (χ1) is 13.3. The van der Waals surface area contributed by atoms with E-state index < -0.39 is 27.9 Å². The monoisotopic (exact) mass is 410 g/mol. The Hall–Kier alpha value is -3.35. The van der Waals surface area contributed by atoms with Crippen LogP contribution in [0.15, 0.2) is 40.1 Å². The first kappa shape index (κ1) is 19.4. The van der Waals surface area contributed by atoms with Crippen LogP contribution >= 0.6 is 0 Å². The van der Waals surface area contributed by atoms with Gasteiger partial charge in [0.15, 0.2) is 0 Å². The fourth-order valence-corrected chi connectivity index (χ4v) is 3.75. The molecular weight excluding hydrogens is 392 g/mol. The number of methoxy groups -OCH3 is 1. The average Bonchev–Trinajstić information content (AvgIpc) is 3.06. The summed E-state index contributed by atoms with van der Waals surface area (Å²) in [6.45, 7) is 1.88. The summed E-state index contributed by atoms with van der Waals surface area (Å²) in [4.78, 5) is 27.7. The number of nitrogens with zero attached hydrogens (tertiary/aromatic N) is 3. The van der Waals surface area contributed by atoms with Crippen molar-refractivity contribution in [2.75, 3.05) is 13.7 Å². The lowest BCUT2D eigenvalue weighted by Crippen LogP contribution is -2.53. The summed E-state index contributed by atoms with van der Waals surface area (Å²) in [5.74, 6) is -1.16. The van der Waals surface area contributed by atoms with Gasteiger partial charge >= 0.3 is 12.0 Å². The third kappa shape index (κ3) is 4.14. The molecule has 3 heterocycles. The topological polar surface area (TPSA) is 151 Å². The van der Waals surface area contributed by atoms with Crippen LogP contribution in [-0.4, -0.2) is 50.2 Å². The Morgan fingerprint density at radius 2 is 2.25 bits per heavy atom. The second-order valence-electron chi connectivity index (χ2n) is 5.84. The molecule has 0 spiro atoms. The van der Waals surface area contributed by atoms with Gasteiger partial charge in [0.2, 0.25) is 5.90 Å². The van der Waals surface area contributed by atoms with Crippen LogP contribution in [0.25, 0.3) is 0 Å². The predicted molar refractivity (Wildman–Crippen MR) is 94.6 cm³/mol. The Balaban J connectivity index is 1.76. The van der Waals surface area contributed by atoms with E-state index in [1.807, 2.05) is 4.72 Å². The smallest absolute Gasteiger partial charge is 0.350 e. The van der Waals surface area contributed by atoms with E-state index in [1.54, 1.807) is 13.0 Å². The number of hydrogen-bond donors (Lipinski definition) is 3. The molecule has 1 fully saturated rings. The van der Waals surface area contributed by atoms with Crippen LogP contribution in [-0.2, 0) is 24.3 Å². The van der Waals surface area contributed by atoms with Gasteiger partial charge in [-0.2, -0.15) is 0 Å². The lowest BCUT2D eigenvalue weighted by atomic mass is 10.0. The van der Waals surface area contributed by atoms with Crippen LogP contribution in [0.1, 0.15) is 25.0 Å². The van der Waals surface area contributed by atoms with Gasteiger partial charge < -0.3 is 9.47 Å². The highest BCUT2D eigenvalue weighted by Gasteiger charge is 2.35. The molecule has 1 aromatic heterocycles. The van der Waals surface area contributed by atoms with Gasteiger partial charge in [-0.05, 0) is 19.1 Å². The van der Waals surface area contributed by atoms with Crippen molar-refractivity contribution in [2.24, 2.45) is 5.10 Å². The summed E-state index contributed by atoms with van der Waals surface area (Å²) in [6, 6.07) is 1.58. The maximum Gasteiger partial charge on any atom is 0.350 e. The third-order valence-corrected chi connectivity index (χ3v) is 5.20. The highest BCUT2D eigenvalue weighted by atomic mass is 32.2. The molecule has 1 aromatic rings. The third-order valence-electron chi connectivity index (χ3n) is 3.82. The van der Waals surface area contributed by atoms with Gasteiger partial charge in [-0.1, -0.05) is 5.10 Å². The summed E-state index contributed by atoms with van der Waals surface area (Å²) >= 11 is 0. The van der Waals surface area contributed by atoms with E-state index >= 15 is 0 Å². The number of sulfonamides is 1. The second kappa shape index (κ2) is 7.72. The van der Waals surface area contributed by atoms with Crippen LogP contribution in [0, 0.1) is 0 Å². The van der Waals surface area contributed by atoms with Crippen molar-refractivity contribution in [3.05, 3.63) is 35.8 Å². The molecule has 1 atom stereocenters. The number of urea groups is 1. The van der Waals surface area contributed by atoms with E-state index in [-0.39, 0.29) is 23.1 Å². The fraction of sp³-hybridized carbons (Fsp3) is 0.333. The number of allylic oxidation sites excluding steroid dienone is 1. The van der Waals surface area contributed by atoms with Crippen LogP contribution in [0.3, 0.4) is 0 Å². The van der Waals surface area contributed by atoms with Crippen molar-refractivity contribution in [3.8, 4) is 0 Å². The number of hydrazine groups is 2. The quantitative estimate of drug-likeness (QED) is 0.568. The molecule has 1 saturated heterocycles. The van der Waals surface area contributed by atoms with E-state index in [4.69, 9.17) is 9.47 Å². The molecule has 2 aliphatic rings. The van der Waals surface area contributed by atoms with E-state index in [0.717, 1.165) is 5.23 Å². The van der Waals surface area contributed by atoms with Gasteiger partial charge in [-0.3, -0.25) is 15.2 Å². The van der Waals surface area contributed by atoms with Crippen molar-refractivity contribution in [1.82, 2.24) is 25.8 Å². The average molecular weight is 410 g/mol. The number of ether oxygens (including phenoxy) is 2. The Morgan fingerprint density at radius 3 is 2.93 bits per heavy atom. The van der Waals surface area contributed by atoms with Crippen molar-refractivity contribution in [2.45, 2.75) is 24.2 Å². The molecule has 3 N–H and O–H groups in total. The number of nitrogens with one attached hydrogen (secondary N) is 3. The summed E-state index contributed by atoms with van der Waals surface area (Å²) < 4.78 is 37.1. The van der Waals surface area contributed by atoms with Gasteiger partial charge in [0.1, 0.15) is 10.8 Å². The fourth-order valence-electron chi connectivity index (χ4n) is 2.62. The summed E-state index contributed by atoms with van der Waals surface area (Å²) in [7, 11) is -2.92. The zero-order valence-electron chi connectivity index (χ0n) is 15.0. The van der Waals surface area contributed by atoms with Crippen LogP contribution < -0.4 is 15.6 Å². The number of aromatic nitrogens is 1. The Morgan fingerprint density at radius 1 is 1.46 bits per heavy atom. The Labute approximate surface area is 160 Å². The normalized spacial score (nSPS) is 19.1. The lowest BCUT2D eigenvalue weighted by molar-refractivity contribution is -0.139. The number of hydrazone groups is 1. The number of cyclic esters (lactones) is 1. The van der Waals surface area contributed by atoms with Gasteiger partial charge in [0.05, 0.1) is 19.4 Å². The molecular formula is C15H18N6O6S. The molecule has 150 valence electrons. The van der Waals surface area contributed by atoms with Gasteiger partial charge in [-0.25, -0.2) is 23.4 Å². The minimum atomic E-state index is -4.32. The Bertz CT molecular complexity index is 960. The number of pyridine rings is 1. The number of carbonyl (C=O) groups is 2. The molecule has 0 bridgehead atoms. The SMILES string of the molecule is COC1=NN(NC(=O)NS(=O)(=O)c2cccnc2C2CCOC2=O)NC(C)=C1. The lowest BCUT2D eigenvalue weighted by Gasteiger charge is -2.25. The zero-order chi connectivity index (χ0) is 20.3. The van der Waals surface area contributed by atoms with E-state index in [9.17, 15) is 18.0 Å². The van der Waals surface area contributed by atoms with Crippen LogP contribution in [0.4, 0.5) is 4.79 Å². The van der Waals surface area contributed by atoms with Crippen LogP contribution in [0.5, 0.6) is 0 Å².